The molecule has 1 N–H and O–H groups in total. The van der Waals surface area contributed by atoms with Crippen molar-refractivity contribution in [3.05, 3.63) is 65.2 Å². The molecule has 0 spiro atoms. The van der Waals surface area contributed by atoms with E-state index in [0.29, 0.717) is 16.7 Å². The molecular weight excluding hydrogens is 386 g/mol. The van der Waals surface area contributed by atoms with Crippen LogP contribution < -0.4 is 4.90 Å². The number of carbonyl (C=O) groups excluding carboxylic acids is 2. The van der Waals surface area contributed by atoms with Gasteiger partial charge in [0.1, 0.15) is 6.04 Å². The van der Waals surface area contributed by atoms with Gasteiger partial charge < -0.3 is 5.11 Å². The van der Waals surface area contributed by atoms with E-state index in [2.05, 4.69) is 29.9 Å². The van der Waals surface area contributed by atoms with Crippen molar-refractivity contribution in [1.82, 2.24) is 9.97 Å². The highest BCUT2D eigenvalue weighted by molar-refractivity contribution is 7.22. The molecule has 1 aliphatic rings. The summed E-state index contributed by atoms with van der Waals surface area (Å²) in [4.78, 5) is 35.9. The fraction of sp³-hybridized carbons (Fsp3) is 0.273. The summed E-state index contributed by atoms with van der Waals surface area (Å²) in [6.07, 6.45) is 1.79. The van der Waals surface area contributed by atoms with Crippen LogP contribution in [0.25, 0.3) is 10.2 Å². The summed E-state index contributed by atoms with van der Waals surface area (Å²) >= 11 is 1.37. The summed E-state index contributed by atoms with van der Waals surface area (Å²) in [5, 5.41) is 11.0. The molecule has 0 aliphatic carbocycles. The number of anilines is 1. The van der Waals surface area contributed by atoms with Crippen LogP contribution in [0.15, 0.2) is 53.9 Å². The zero-order chi connectivity index (χ0) is 20.7. The second kappa shape index (κ2) is 7.40. The molecule has 1 amide bonds. The van der Waals surface area contributed by atoms with Crippen molar-refractivity contribution >= 4 is 38.4 Å². The van der Waals surface area contributed by atoms with Crippen LogP contribution in [0, 0.1) is 0 Å². The number of benzene rings is 1. The molecule has 29 heavy (non-hydrogen) atoms. The number of thiazole rings is 1. The molecule has 6 nitrogen and oxygen atoms in total. The summed E-state index contributed by atoms with van der Waals surface area (Å²) in [5.74, 6) is -1.05. The highest BCUT2D eigenvalue weighted by atomic mass is 32.1. The lowest BCUT2D eigenvalue weighted by molar-refractivity contribution is -0.118. The Labute approximate surface area is 172 Å². The maximum absolute atomic E-state index is 13.0. The number of aliphatic hydroxyl groups is 1. The van der Waals surface area contributed by atoms with Gasteiger partial charge in [-0.05, 0) is 35.7 Å². The zero-order valence-corrected chi connectivity index (χ0v) is 17.2. The molecule has 0 radical (unpaired) electrons. The molecule has 0 saturated carbocycles. The van der Waals surface area contributed by atoms with E-state index < -0.39 is 17.7 Å². The predicted molar refractivity (Wildman–Crippen MR) is 113 cm³/mol. The molecule has 0 fully saturated rings. The minimum Gasteiger partial charge on any atom is -0.503 e. The minimum absolute atomic E-state index is 0.0818. The van der Waals surface area contributed by atoms with Crippen LogP contribution >= 0.6 is 11.3 Å². The number of fused-ring (bicyclic) bond motifs is 1. The van der Waals surface area contributed by atoms with Crippen LogP contribution in [-0.2, 0) is 9.59 Å². The van der Waals surface area contributed by atoms with Crippen LogP contribution in [0.5, 0.6) is 0 Å². The van der Waals surface area contributed by atoms with E-state index in [1.54, 1.807) is 31.3 Å². The summed E-state index contributed by atoms with van der Waals surface area (Å²) in [5.41, 5.74) is 2.56. The lowest BCUT2D eigenvalue weighted by Gasteiger charge is -2.23. The molecular formula is C22H21N3O3S. The number of ketones is 1. The van der Waals surface area contributed by atoms with Crippen molar-refractivity contribution in [2.75, 3.05) is 4.90 Å². The molecule has 2 aromatic heterocycles. The fourth-order valence-electron chi connectivity index (χ4n) is 3.49. The number of aromatic nitrogens is 2. The van der Waals surface area contributed by atoms with Gasteiger partial charge in [-0.2, -0.15) is 0 Å². The number of rotatable bonds is 5. The van der Waals surface area contributed by atoms with Gasteiger partial charge in [-0.3, -0.25) is 19.5 Å². The highest BCUT2D eigenvalue weighted by Crippen LogP contribution is 2.43. The van der Waals surface area contributed by atoms with Crippen molar-refractivity contribution in [2.24, 2.45) is 0 Å². The number of hydrogen-bond donors (Lipinski definition) is 1. The van der Waals surface area contributed by atoms with Crippen LogP contribution in [0.1, 0.15) is 50.4 Å². The first kappa shape index (κ1) is 19.3. The van der Waals surface area contributed by atoms with Crippen LogP contribution in [0.2, 0.25) is 0 Å². The molecule has 3 aromatic rings. The molecule has 148 valence electrons. The second-order valence-electron chi connectivity index (χ2n) is 7.25. The summed E-state index contributed by atoms with van der Waals surface area (Å²) < 4.78 is 0.952. The Kier molecular flexibility index (Phi) is 4.92. The molecule has 1 unspecified atom stereocenters. The molecule has 4 rings (SSSR count). The van der Waals surface area contributed by atoms with Gasteiger partial charge in [0.15, 0.2) is 16.7 Å². The molecule has 3 heterocycles. The lowest BCUT2D eigenvalue weighted by Crippen LogP contribution is -2.31. The van der Waals surface area contributed by atoms with E-state index in [1.165, 1.54) is 21.8 Å². The fourth-order valence-corrected chi connectivity index (χ4v) is 4.53. The monoisotopic (exact) mass is 407 g/mol. The Hall–Kier alpha value is -3.06. The van der Waals surface area contributed by atoms with Crippen molar-refractivity contribution in [2.45, 2.75) is 39.2 Å². The van der Waals surface area contributed by atoms with Gasteiger partial charge in [-0.1, -0.05) is 44.2 Å². The number of nitrogens with zero attached hydrogens (tertiary/aromatic N) is 3. The summed E-state index contributed by atoms with van der Waals surface area (Å²) in [7, 11) is 0. The molecule has 1 atom stereocenters. The molecule has 0 saturated heterocycles. The van der Waals surface area contributed by atoms with Crippen LogP contribution in [0.4, 0.5) is 5.13 Å². The zero-order valence-electron chi connectivity index (χ0n) is 16.4. The normalized spacial score (nSPS) is 17.0. The number of pyridine rings is 1. The average Bonchev–Trinajstić information content (AvgIpc) is 3.26. The van der Waals surface area contributed by atoms with E-state index in [-0.39, 0.29) is 17.8 Å². The van der Waals surface area contributed by atoms with Gasteiger partial charge in [0, 0.05) is 12.6 Å². The van der Waals surface area contributed by atoms with Gasteiger partial charge in [-0.15, -0.1) is 0 Å². The SMILES string of the molecule is CCC(=O)C1=C(O)C(=O)N(c2nc3ccc(C(C)C)cc3s2)C1c1ccccn1. The highest BCUT2D eigenvalue weighted by Gasteiger charge is 2.45. The van der Waals surface area contributed by atoms with Gasteiger partial charge in [0.25, 0.3) is 5.91 Å². The maximum Gasteiger partial charge on any atom is 0.296 e. The van der Waals surface area contributed by atoms with Crippen LogP contribution in [-0.4, -0.2) is 26.8 Å². The van der Waals surface area contributed by atoms with Crippen molar-refractivity contribution in [3.8, 4) is 0 Å². The van der Waals surface area contributed by atoms with E-state index in [4.69, 9.17) is 0 Å². The van der Waals surface area contributed by atoms with E-state index in [9.17, 15) is 14.7 Å². The maximum atomic E-state index is 13.0. The smallest absolute Gasteiger partial charge is 0.296 e. The third kappa shape index (κ3) is 3.21. The third-order valence-electron chi connectivity index (χ3n) is 5.07. The number of amides is 1. The van der Waals surface area contributed by atoms with Gasteiger partial charge >= 0.3 is 0 Å². The van der Waals surface area contributed by atoms with Gasteiger partial charge in [0.2, 0.25) is 0 Å². The predicted octanol–water partition coefficient (Wildman–Crippen LogP) is 4.69. The van der Waals surface area contributed by atoms with Crippen molar-refractivity contribution in [3.63, 3.8) is 0 Å². The largest absolute Gasteiger partial charge is 0.503 e. The molecule has 1 aliphatic heterocycles. The van der Waals surface area contributed by atoms with Crippen molar-refractivity contribution in [1.29, 1.82) is 0 Å². The first-order valence-corrected chi connectivity index (χ1v) is 10.3. The van der Waals surface area contributed by atoms with E-state index in [1.807, 2.05) is 12.1 Å². The Morgan fingerprint density at radius 3 is 2.72 bits per heavy atom. The first-order chi connectivity index (χ1) is 13.9. The molecule has 0 bridgehead atoms. The lowest BCUT2D eigenvalue weighted by atomic mass is 9.99. The molecule has 1 aromatic carbocycles. The first-order valence-electron chi connectivity index (χ1n) is 9.53. The topological polar surface area (TPSA) is 83.4 Å². The Morgan fingerprint density at radius 2 is 2.07 bits per heavy atom. The van der Waals surface area contributed by atoms with Gasteiger partial charge in [-0.25, -0.2) is 4.98 Å². The number of Topliss-reactive ketones (excluding diaryl/α,β-unsaturated/α-hetero) is 1. The molecule has 7 heteroatoms. The van der Waals surface area contributed by atoms with Crippen LogP contribution in [0.3, 0.4) is 0 Å². The quantitative estimate of drug-likeness (QED) is 0.663. The Bertz CT molecular complexity index is 1130. The average molecular weight is 407 g/mol. The number of aliphatic hydroxyl groups excluding tert-OH is 1. The van der Waals surface area contributed by atoms with Gasteiger partial charge in [0.05, 0.1) is 21.5 Å². The Balaban J connectivity index is 1.86. The Morgan fingerprint density at radius 1 is 1.28 bits per heavy atom. The van der Waals surface area contributed by atoms with Crippen molar-refractivity contribution < 1.29 is 14.7 Å². The number of carbonyl (C=O) groups is 2. The summed E-state index contributed by atoms with van der Waals surface area (Å²) in [6, 6.07) is 10.6. The van der Waals surface area contributed by atoms with E-state index >= 15 is 0 Å². The minimum atomic E-state index is -0.790. The summed E-state index contributed by atoms with van der Waals surface area (Å²) in [6.45, 7) is 5.94. The standard InChI is InChI=1S/C22H21N3O3S/c1-4-16(26)18-19(15-7-5-6-10-23-15)25(21(28)20(18)27)22-24-14-9-8-13(12(2)3)11-17(14)29-22/h5-12,19,27H,4H2,1-3H3. The second-order valence-corrected chi connectivity index (χ2v) is 8.26. The third-order valence-corrected chi connectivity index (χ3v) is 6.09. The number of hydrogen-bond acceptors (Lipinski definition) is 6. The van der Waals surface area contributed by atoms with E-state index in [0.717, 1.165) is 10.2 Å².